The van der Waals surface area contributed by atoms with Crippen LogP contribution in [-0.4, -0.2) is 0 Å². The second kappa shape index (κ2) is 23.3. The van der Waals surface area contributed by atoms with E-state index in [1.54, 1.807) is 0 Å². The van der Waals surface area contributed by atoms with Gasteiger partial charge in [-0.1, -0.05) is 243 Å². The minimum Gasteiger partial charge on any atom is -0.366 e. The summed E-state index contributed by atoms with van der Waals surface area (Å²) in [5, 5.41) is 23.3. The predicted molar refractivity (Wildman–Crippen MR) is 318 cm³/mol. The average molecular weight is 961 g/mol. The van der Waals surface area contributed by atoms with Crippen molar-refractivity contribution in [3.05, 3.63) is 300 Å². The van der Waals surface area contributed by atoms with Crippen LogP contribution >= 0.6 is 0 Å². The molecule has 12 rings (SSSR count). The first-order chi connectivity index (χ1) is 36.6. The van der Waals surface area contributed by atoms with Crippen LogP contribution in [-0.2, 0) is 0 Å². The molecule has 0 aromatic heterocycles. The third-order valence-corrected chi connectivity index (χ3v) is 14.1. The maximum atomic E-state index is 4.05. The van der Waals surface area contributed by atoms with Crippen LogP contribution in [0, 0.1) is 0 Å². The molecule has 4 nitrogen and oxygen atoms in total. The van der Waals surface area contributed by atoms with Gasteiger partial charge in [0, 0.05) is 11.4 Å². The summed E-state index contributed by atoms with van der Waals surface area (Å²) in [6.45, 7) is 8.00. The Hall–Kier alpha value is -8.54. The van der Waals surface area contributed by atoms with E-state index in [9.17, 15) is 0 Å². The second-order valence-electron chi connectivity index (χ2n) is 18.7. The van der Waals surface area contributed by atoms with Gasteiger partial charge in [0.05, 0.1) is 12.1 Å². The fraction of sp³-hybridized carbons (Fsp3) is 0.114. The lowest BCUT2D eigenvalue weighted by molar-refractivity contribution is 0.508. The molecule has 10 aromatic rings. The predicted octanol–water partition coefficient (Wildman–Crippen LogP) is 18.4. The molecular weight excluding hydrogens is 897 g/mol. The maximum Gasteiger partial charge on any atom is 0.104 e. The minimum absolute atomic E-state index is 0.00354. The molecule has 0 radical (unpaired) electrons. The minimum atomic E-state index is -0.0893. The van der Waals surface area contributed by atoms with Crippen LogP contribution in [0.3, 0.4) is 0 Å². The molecule has 4 atom stereocenters. The summed E-state index contributed by atoms with van der Waals surface area (Å²) in [5.41, 5.74) is 14.7. The molecule has 0 saturated carbocycles. The van der Waals surface area contributed by atoms with Gasteiger partial charge in [0.1, 0.15) is 12.3 Å². The molecule has 2 heterocycles. The van der Waals surface area contributed by atoms with E-state index in [1.807, 2.05) is 76.3 Å². The molecule has 2 aliphatic heterocycles. The van der Waals surface area contributed by atoms with Crippen LogP contribution in [0.15, 0.2) is 267 Å². The number of benzene rings is 10. The van der Waals surface area contributed by atoms with Gasteiger partial charge in [-0.05, 0) is 140 Å². The molecule has 0 bridgehead atoms. The Morgan fingerprint density at radius 2 is 0.662 bits per heavy atom. The van der Waals surface area contributed by atoms with Gasteiger partial charge in [-0.3, -0.25) is 10.6 Å². The van der Waals surface area contributed by atoms with E-state index in [1.165, 1.54) is 88.0 Å². The monoisotopic (exact) mass is 961 g/mol. The molecule has 4 unspecified atom stereocenters. The van der Waals surface area contributed by atoms with Crippen molar-refractivity contribution in [3.8, 4) is 22.3 Å². The highest BCUT2D eigenvalue weighted by molar-refractivity contribution is 6.00. The van der Waals surface area contributed by atoms with E-state index in [2.05, 4.69) is 240 Å². The number of hydrogen-bond acceptors (Lipinski definition) is 4. The lowest BCUT2D eigenvalue weighted by Crippen LogP contribution is -2.37. The summed E-state index contributed by atoms with van der Waals surface area (Å²) in [4.78, 5) is 0. The zero-order valence-corrected chi connectivity index (χ0v) is 42.7. The standard InChI is InChI=1S/C58H44N4.2C6H10/c1-3-15-37(16-4-1)43-21-11-25-47-45(43)23-13-27-49(47)55-51-19-7-9-29-53(51)59-57(61-55)41-33-31-40-36-42(34-32-39(40)35-41)58-60-54-30-10-8-20-52(54)56(62-58)50-28-14-24-46-44(22-12-26-48(46)50)38-17-5-2-6-18-38;2*1-3-5-6-4-2/h1-36,55-62H;2*3-6H,1-2H3/b;2*5-3-,6-4-. The number of para-hydroxylation sites is 2. The van der Waals surface area contributed by atoms with Gasteiger partial charge in [-0.25, -0.2) is 0 Å². The Morgan fingerprint density at radius 1 is 0.311 bits per heavy atom. The van der Waals surface area contributed by atoms with E-state index in [4.69, 9.17) is 0 Å². The lowest BCUT2D eigenvalue weighted by atomic mass is 9.88. The van der Waals surface area contributed by atoms with E-state index >= 15 is 0 Å². The fourth-order valence-electron chi connectivity index (χ4n) is 10.5. The molecule has 4 N–H and O–H groups in total. The Labute approximate surface area is 437 Å². The van der Waals surface area contributed by atoms with Crippen molar-refractivity contribution in [3.63, 3.8) is 0 Å². The first-order valence-electron chi connectivity index (χ1n) is 26.0. The Kier molecular flexibility index (Phi) is 15.5. The largest absolute Gasteiger partial charge is 0.366 e. The van der Waals surface area contributed by atoms with Crippen LogP contribution in [0.1, 0.15) is 85.5 Å². The van der Waals surface area contributed by atoms with Crippen molar-refractivity contribution >= 4 is 43.7 Å². The Balaban J connectivity index is 0.000000470. The molecule has 0 aliphatic carbocycles. The van der Waals surface area contributed by atoms with Crippen LogP contribution < -0.4 is 21.3 Å². The topological polar surface area (TPSA) is 48.1 Å². The highest BCUT2D eigenvalue weighted by Crippen LogP contribution is 2.43. The number of anilines is 2. The quantitative estimate of drug-likeness (QED) is 0.115. The Bertz CT molecular complexity index is 3380. The van der Waals surface area contributed by atoms with Crippen molar-refractivity contribution in [1.29, 1.82) is 0 Å². The Morgan fingerprint density at radius 3 is 1.07 bits per heavy atom. The third-order valence-electron chi connectivity index (χ3n) is 14.1. The summed E-state index contributed by atoms with van der Waals surface area (Å²) in [6.07, 6.45) is 15.8. The van der Waals surface area contributed by atoms with Crippen molar-refractivity contribution in [2.45, 2.75) is 52.1 Å². The van der Waals surface area contributed by atoms with Gasteiger partial charge in [-0.2, -0.15) is 0 Å². The van der Waals surface area contributed by atoms with Crippen LogP contribution in [0.4, 0.5) is 11.4 Å². The summed E-state index contributed by atoms with van der Waals surface area (Å²) in [6, 6.07) is 79.5. The van der Waals surface area contributed by atoms with E-state index < -0.39 is 0 Å². The van der Waals surface area contributed by atoms with Crippen molar-refractivity contribution in [2.24, 2.45) is 0 Å². The molecule has 0 amide bonds. The lowest BCUT2D eigenvalue weighted by Gasteiger charge is -2.36. The van der Waals surface area contributed by atoms with E-state index in [0.717, 1.165) is 11.4 Å². The number of allylic oxidation sites excluding steroid dienone is 8. The van der Waals surface area contributed by atoms with E-state index in [0.29, 0.717) is 0 Å². The number of nitrogens with one attached hydrogen (secondary N) is 4. The molecule has 74 heavy (non-hydrogen) atoms. The molecule has 10 aromatic carbocycles. The maximum absolute atomic E-state index is 4.05. The second-order valence-corrected chi connectivity index (χ2v) is 18.7. The molecule has 0 spiro atoms. The molecule has 4 heteroatoms. The molecule has 0 saturated heterocycles. The summed E-state index contributed by atoms with van der Waals surface area (Å²) in [5.74, 6) is 0. The fourth-order valence-corrected chi connectivity index (χ4v) is 10.5. The molecule has 2 aliphatic rings. The number of fused-ring (bicyclic) bond motifs is 5. The van der Waals surface area contributed by atoms with Crippen LogP contribution in [0.5, 0.6) is 0 Å². The summed E-state index contributed by atoms with van der Waals surface area (Å²) >= 11 is 0. The van der Waals surface area contributed by atoms with Crippen molar-refractivity contribution < 1.29 is 0 Å². The average Bonchev–Trinajstić information content (AvgIpc) is 3.47. The molecule has 0 fully saturated rings. The molecular formula is C70H64N4. The van der Waals surface area contributed by atoms with Gasteiger partial charge >= 0.3 is 0 Å². The van der Waals surface area contributed by atoms with Crippen molar-refractivity contribution in [2.75, 3.05) is 10.6 Å². The van der Waals surface area contributed by atoms with Gasteiger partial charge in [0.15, 0.2) is 0 Å². The number of hydrogen-bond donors (Lipinski definition) is 4. The SMILES string of the molecule is C/C=C\C=C/C.C/C=C\C=C/C.c1ccc(-c2cccc3c(C4NC(c5ccc6cc(C7Nc8ccccc8C(c8cccc9c(-c%10ccccc%10)cccc89)N7)ccc6c5)Nc5ccccc54)cccc23)cc1. The third kappa shape index (κ3) is 10.5. The first-order valence-corrected chi connectivity index (χ1v) is 26.0. The van der Waals surface area contributed by atoms with Gasteiger partial charge in [-0.15, -0.1) is 0 Å². The first kappa shape index (κ1) is 49.1. The van der Waals surface area contributed by atoms with E-state index in [-0.39, 0.29) is 24.4 Å². The van der Waals surface area contributed by atoms with Gasteiger partial charge < -0.3 is 10.6 Å². The highest BCUT2D eigenvalue weighted by Gasteiger charge is 2.31. The summed E-state index contributed by atoms with van der Waals surface area (Å²) in [7, 11) is 0. The molecule has 364 valence electrons. The van der Waals surface area contributed by atoms with Crippen LogP contribution in [0.25, 0.3) is 54.6 Å². The van der Waals surface area contributed by atoms with Gasteiger partial charge in [0.2, 0.25) is 0 Å². The summed E-state index contributed by atoms with van der Waals surface area (Å²) < 4.78 is 0. The zero-order valence-electron chi connectivity index (χ0n) is 42.7. The zero-order chi connectivity index (χ0) is 50.6. The smallest absolute Gasteiger partial charge is 0.104 e. The van der Waals surface area contributed by atoms with Gasteiger partial charge in [0.25, 0.3) is 0 Å². The number of rotatable bonds is 8. The van der Waals surface area contributed by atoms with Crippen molar-refractivity contribution in [1.82, 2.24) is 10.6 Å². The normalized spacial score (nSPS) is 17.1. The highest BCUT2D eigenvalue weighted by atomic mass is 15.2. The van der Waals surface area contributed by atoms with Crippen LogP contribution in [0.2, 0.25) is 0 Å².